The minimum absolute atomic E-state index is 0.00524. The lowest BCUT2D eigenvalue weighted by Gasteiger charge is -2.39. The van der Waals surface area contributed by atoms with Crippen molar-refractivity contribution in [3.8, 4) is 0 Å². The lowest BCUT2D eigenvalue weighted by atomic mass is 9.69. The van der Waals surface area contributed by atoms with E-state index in [1.165, 1.54) is 0 Å². The zero-order valence-electron chi connectivity index (χ0n) is 16.1. The fraction of sp³-hybridized carbons (Fsp3) is 0.650. The molecule has 1 aliphatic carbocycles. The van der Waals surface area contributed by atoms with E-state index in [1.807, 2.05) is 0 Å². The van der Waals surface area contributed by atoms with Gasteiger partial charge in [-0.1, -0.05) is 27.2 Å². The number of sulfonamides is 1. The van der Waals surface area contributed by atoms with Gasteiger partial charge in [0.15, 0.2) is 0 Å². The Labute approximate surface area is 157 Å². The molecule has 26 heavy (non-hydrogen) atoms. The van der Waals surface area contributed by atoms with E-state index in [0.29, 0.717) is 17.0 Å². The first kappa shape index (κ1) is 19.4. The van der Waals surface area contributed by atoms with Crippen LogP contribution in [0.2, 0.25) is 0 Å². The smallest absolute Gasteiger partial charge is 0.240 e. The van der Waals surface area contributed by atoms with Crippen LogP contribution in [-0.2, 0) is 14.8 Å². The average molecular weight is 379 g/mol. The Hall–Kier alpha value is -1.40. The van der Waals surface area contributed by atoms with E-state index in [-0.39, 0.29) is 22.8 Å². The summed E-state index contributed by atoms with van der Waals surface area (Å²) in [5.41, 5.74) is 1.79. The predicted molar refractivity (Wildman–Crippen MR) is 104 cm³/mol. The Morgan fingerprint density at radius 2 is 1.85 bits per heavy atom. The number of carbonyl (C=O) groups is 1. The van der Waals surface area contributed by atoms with Gasteiger partial charge in [-0.3, -0.25) is 4.79 Å². The molecule has 5 nitrogen and oxygen atoms in total. The Kier molecular flexibility index (Phi) is 5.19. The van der Waals surface area contributed by atoms with Gasteiger partial charge in [0.05, 0.1) is 10.8 Å². The van der Waals surface area contributed by atoms with Gasteiger partial charge in [0, 0.05) is 11.7 Å². The van der Waals surface area contributed by atoms with Gasteiger partial charge in [0.25, 0.3) is 0 Å². The number of hydrogen-bond acceptors (Lipinski definition) is 3. The van der Waals surface area contributed by atoms with E-state index >= 15 is 0 Å². The summed E-state index contributed by atoms with van der Waals surface area (Å²) in [5, 5.41) is 2.78. The largest absolute Gasteiger partial charge is 0.325 e. The van der Waals surface area contributed by atoms with Crippen LogP contribution < -0.4 is 10.0 Å². The molecule has 1 amide bonds. The minimum Gasteiger partial charge on any atom is -0.325 e. The molecular formula is C20H30N2O3S. The molecule has 1 aromatic carbocycles. The van der Waals surface area contributed by atoms with Crippen molar-refractivity contribution in [1.29, 1.82) is 0 Å². The third kappa shape index (κ3) is 3.67. The maximum atomic E-state index is 12.8. The molecule has 1 heterocycles. The summed E-state index contributed by atoms with van der Waals surface area (Å²) in [6.45, 7) is 8.64. The first-order valence-corrected chi connectivity index (χ1v) is 11.1. The van der Waals surface area contributed by atoms with Crippen LogP contribution in [0.5, 0.6) is 0 Å². The lowest BCUT2D eigenvalue weighted by Crippen LogP contribution is -2.39. The Morgan fingerprint density at radius 3 is 2.46 bits per heavy atom. The van der Waals surface area contributed by atoms with Crippen LogP contribution in [0.25, 0.3) is 0 Å². The molecule has 6 heteroatoms. The zero-order chi connectivity index (χ0) is 19.1. The fourth-order valence-electron chi connectivity index (χ4n) is 4.13. The van der Waals surface area contributed by atoms with Crippen LogP contribution in [0, 0.1) is 11.3 Å². The maximum Gasteiger partial charge on any atom is 0.240 e. The van der Waals surface area contributed by atoms with Gasteiger partial charge in [-0.25, -0.2) is 13.1 Å². The minimum atomic E-state index is -3.57. The zero-order valence-corrected chi connectivity index (χ0v) is 16.9. The van der Waals surface area contributed by atoms with Crippen LogP contribution in [0.3, 0.4) is 0 Å². The number of benzene rings is 1. The van der Waals surface area contributed by atoms with Crippen molar-refractivity contribution >= 4 is 21.6 Å². The number of amides is 1. The molecule has 1 fully saturated rings. The second-order valence-corrected chi connectivity index (χ2v) is 10.2. The van der Waals surface area contributed by atoms with Crippen LogP contribution in [0.1, 0.15) is 71.3 Å². The molecular weight excluding hydrogens is 348 g/mol. The number of rotatable bonds is 5. The van der Waals surface area contributed by atoms with Gasteiger partial charge >= 0.3 is 0 Å². The van der Waals surface area contributed by atoms with Crippen LogP contribution in [0.15, 0.2) is 23.1 Å². The summed E-state index contributed by atoms with van der Waals surface area (Å²) in [4.78, 5) is 12.0. The molecule has 0 unspecified atom stereocenters. The molecule has 144 valence electrons. The number of nitrogens with one attached hydrogen (secondary N) is 2. The van der Waals surface area contributed by atoms with Crippen LogP contribution in [0.4, 0.5) is 5.69 Å². The van der Waals surface area contributed by atoms with Crippen molar-refractivity contribution in [3.05, 3.63) is 23.8 Å². The number of anilines is 1. The van der Waals surface area contributed by atoms with Crippen molar-refractivity contribution < 1.29 is 13.2 Å². The van der Waals surface area contributed by atoms with Crippen molar-refractivity contribution in [1.82, 2.24) is 4.72 Å². The Morgan fingerprint density at radius 1 is 1.19 bits per heavy atom. The van der Waals surface area contributed by atoms with E-state index in [0.717, 1.165) is 37.7 Å². The van der Waals surface area contributed by atoms with Gasteiger partial charge in [0.2, 0.25) is 15.9 Å². The molecule has 1 aliphatic heterocycles. The highest BCUT2D eigenvalue weighted by Crippen LogP contribution is 2.40. The second-order valence-electron chi connectivity index (χ2n) is 8.47. The molecule has 0 bridgehead atoms. The summed E-state index contributed by atoms with van der Waals surface area (Å²) < 4.78 is 28.5. The quantitative estimate of drug-likeness (QED) is 0.813. The number of hydrogen-bond donors (Lipinski definition) is 2. The standard InChI is InChI=1S/C20H30N2O3S/c1-5-20(3,4)14-6-8-15(9-7-14)22-26(24,25)16-10-11-18-17(12-16)13(2)19(23)21-18/h10-15,22H,5-9H2,1-4H3,(H,21,23)/t13-,14?,15?/m0/s1. The van der Waals surface area contributed by atoms with Crippen LogP contribution >= 0.6 is 0 Å². The van der Waals surface area contributed by atoms with Crippen LogP contribution in [-0.4, -0.2) is 20.4 Å². The molecule has 3 rings (SSSR count). The van der Waals surface area contributed by atoms with E-state index in [4.69, 9.17) is 0 Å². The molecule has 1 saturated carbocycles. The normalized spacial score (nSPS) is 26.5. The molecule has 0 spiro atoms. The van der Waals surface area contributed by atoms with Crippen molar-refractivity contribution in [2.75, 3.05) is 5.32 Å². The highest BCUT2D eigenvalue weighted by molar-refractivity contribution is 7.89. The third-order valence-electron chi connectivity index (χ3n) is 6.52. The molecule has 2 N–H and O–H groups in total. The summed E-state index contributed by atoms with van der Waals surface area (Å²) in [7, 11) is -3.57. The van der Waals surface area contributed by atoms with E-state index in [9.17, 15) is 13.2 Å². The van der Waals surface area contributed by atoms with Crippen molar-refractivity contribution in [2.24, 2.45) is 11.3 Å². The van der Waals surface area contributed by atoms with E-state index < -0.39 is 10.0 Å². The van der Waals surface area contributed by atoms with Gasteiger partial charge < -0.3 is 5.32 Å². The highest BCUT2D eigenvalue weighted by atomic mass is 32.2. The summed E-state index contributed by atoms with van der Waals surface area (Å²) in [5.74, 6) is 0.261. The summed E-state index contributed by atoms with van der Waals surface area (Å²) in [6, 6.07) is 4.89. The molecule has 1 atom stereocenters. The Bertz CT molecular complexity index is 793. The molecule has 0 aromatic heterocycles. The average Bonchev–Trinajstić information content (AvgIpc) is 2.89. The van der Waals surface area contributed by atoms with Crippen molar-refractivity contribution in [2.45, 2.75) is 76.7 Å². The Balaban J connectivity index is 1.69. The van der Waals surface area contributed by atoms with Crippen molar-refractivity contribution in [3.63, 3.8) is 0 Å². The van der Waals surface area contributed by atoms with Gasteiger partial charge in [0.1, 0.15) is 0 Å². The molecule has 1 aromatic rings. The van der Waals surface area contributed by atoms with Gasteiger partial charge in [-0.05, 0) is 67.7 Å². The summed E-state index contributed by atoms with van der Waals surface area (Å²) >= 11 is 0. The number of carbonyl (C=O) groups excluding carboxylic acids is 1. The van der Waals surface area contributed by atoms with E-state index in [2.05, 4.69) is 30.8 Å². The molecule has 0 saturated heterocycles. The first-order valence-electron chi connectivity index (χ1n) is 9.61. The van der Waals surface area contributed by atoms with Gasteiger partial charge in [-0.15, -0.1) is 0 Å². The topological polar surface area (TPSA) is 75.3 Å². The number of fused-ring (bicyclic) bond motifs is 1. The van der Waals surface area contributed by atoms with Gasteiger partial charge in [-0.2, -0.15) is 0 Å². The SMILES string of the molecule is CCC(C)(C)C1CCC(NS(=O)(=O)c2ccc3c(c2)[C@H](C)C(=O)N3)CC1. The maximum absolute atomic E-state index is 12.8. The third-order valence-corrected chi connectivity index (χ3v) is 8.03. The lowest BCUT2D eigenvalue weighted by molar-refractivity contribution is -0.116. The fourth-order valence-corrected chi connectivity index (χ4v) is 5.47. The summed E-state index contributed by atoms with van der Waals surface area (Å²) in [6.07, 6.45) is 5.04. The second kappa shape index (κ2) is 6.97. The molecule has 2 aliphatic rings. The first-order chi connectivity index (χ1) is 12.1. The predicted octanol–water partition coefficient (Wildman–Crippen LogP) is 4.02. The monoisotopic (exact) mass is 378 g/mol. The van der Waals surface area contributed by atoms with E-state index in [1.54, 1.807) is 25.1 Å². The molecule has 0 radical (unpaired) electrons. The highest BCUT2D eigenvalue weighted by Gasteiger charge is 2.34.